The molecule has 1 unspecified atom stereocenters. The number of hydrogen-bond acceptors (Lipinski definition) is 8. The summed E-state index contributed by atoms with van der Waals surface area (Å²) in [6, 6.07) is 13.7. The Hall–Kier alpha value is -4.44. The molecule has 36 heavy (non-hydrogen) atoms. The number of aromatic hydroxyl groups is 1. The number of thiazole rings is 1. The summed E-state index contributed by atoms with van der Waals surface area (Å²) in [7, 11) is 2.84. The highest BCUT2D eigenvalue weighted by molar-refractivity contribution is 7.22. The van der Waals surface area contributed by atoms with Gasteiger partial charge in [-0.05, 0) is 48.0 Å². The highest BCUT2D eigenvalue weighted by Gasteiger charge is 2.48. The first-order valence-electron chi connectivity index (χ1n) is 10.7. The van der Waals surface area contributed by atoms with E-state index in [1.165, 1.54) is 61.6 Å². The molecule has 1 aromatic heterocycles. The summed E-state index contributed by atoms with van der Waals surface area (Å²) in [5.74, 6) is -2.26. The number of rotatable bonds is 5. The Kier molecular flexibility index (Phi) is 5.81. The predicted molar refractivity (Wildman–Crippen MR) is 132 cm³/mol. The third kappa shape index (κ3) is 3.81. The van der Waals surface area contributed by atoms with Crippen LogP contribution in [0, 0.1) is 5.82 Å². The highest BCUT2D eigenvalue weighted by Crippen LogP contribution is 2.45. The Bertz CT molecular complexity index is 1560. The molecule has 0 radical (unpaired) electrons. The van der Waals surface area contributed by atoms with Crippen molar-refractivity contribution in [3.8, 4) is 17.2 Å². The van der Waals surface area contributed by atoms with Crippen molar-refractivity contribution in [1.29, 1.82) is 0 Å². The minimum absolute atomic E-state index is 0.117. The molecule has 1 atom stereocenters. The van der Waals surface area contributed by atoms with Crippen LogP contribution in [0.3, 0.4) is 0 Å². The van der Waals surface area contributed by atoms with Crippen molar-refractivity contribution >= 4 is 44.1 Å². The number of hydrogen-bond donors (Lipinski definition) is 2. The largest absolute Gasteiger partial charge is 0.507 e. The lowest BCUT2D eigenvalue weighted by molar-refractivity contribution is -0.132. The summed E-state index contributed by atoms with van der Waals surface area (Å²) < 4.78 is 24.7. The molecule has 8 nitrogen and oxygen atoms in total. The molecule has 5 rings (SSSR count). The number of fused-ring (bicyclic) bond motifs is 1. The van der Waals surface area contributed by atoms with E-state index >= 15 is 0 Å². The van der Waals surface area contributed by atoms with Crippen LogP contribution in [0.4, 0.5) is 9.52 Å². The second kappa shape index (κ2) is 8.97. The molecular weight excluding hydrogens is 487 g/mol. The van der Waals surface area contributed by atoms with Crippen LogP contribution in [0.2, 0.25) is 0 Å². The number of anilines is 1. The van der Waals surface area contributed by atoms with E-state index in [1.54, 1.807) is 18.2 Å². The van der Waals surface area contributed by atoms with E-state index in [0.717, 1.165) is 11.3 Å². The fourth-order valence-electron chi connectivity index (χ4n) is 4.12. The van der Waals surface area contributed by atoms with Gasteiger partial charge in [0.25, 0.3) is 5.78 Å². The summed E-state index contributed by atoms with van der Waals surface area (Å²) >= 11 is 1.04. The zero-order valence-corrected chi connectivity index (χ0v) is 19.9. The molecule has 1 amide bonds. The van der Waals surface area contributed by atoms with Crippen LogP contribution < -0.4 is 14.4 Å². The average molecular weight is 507 g/mol. The Morgan fingerprint density at radius 2 is 1.86 bits per heavy atom. The number of aromatic nitrogens is 1. The number of halogens is 1. The number of nitrogens with zero attached hydrogens (tertiary/aromatic N) is 2. The standard InChI is InChI=1S/C26H19FN2O6S/c1-34-16-5-3-4-14(10-16)23(31)21-22(13-6-9-18(30)19(11-13)35-2)29(25(33)24(21)32)26-28-17-8-7-15(27)12-20(17)36-26/h3-12,22,30-31H,1-2H3/b23-21+. The van der Waals surface area contributed by atoms with E-state index in [9.17, 15) is 24.2 Å². The normalized spacial score (nSPS) is 17.1. The van der Waals surface area contributed by atoms with Crippen LogP contribution in [0.25, 0.3) is 16.0 Å². The summed E-state index contributed by atoms with van der Waals surface area (Å²) in [4.78, 5) is 32.3. The van der Waals surface area contributed by atoms with E-state index < -0.39 is 29.3 Å². The van der Waals surface area contributed by atoms with Gasteiger partial charge in [-0.3, -0.25) is 14.5 Å². The van der Waals surface area contributed by atoms with Crippen molar-refractivity contribution in [2.75, 3.05) is 19.1 Å². The minimum Gasteiger partial charge on any atom is -0.507 e. The lowest BCUT2D eigenvalue weighted by Crippen LogP contribution is -2.29. The van der Waals surface area contributed by atoms with Crippen LogP contribution >= 0.6 is 11.3 Å². The predicted octanol–water partition coefficient (Wildman–Crippen LogP) is 4.78. The van der Waals surface area contributed by atoms with Gasteiger partial charge in [-0.25, -0.2) is 9.37 Å². The van der Waals surface area contributed by atoms with E-state index in [0.29, 0.717) is 21.5 Å². The topological polar surface area (TPSA) is 109 Å². The number of phenols is 1. The molecule has 1 aliphatic rings. The Balaban J connectivity index is 1.75. The summed E-state index contributed by atoms with van der Waals surface area (Å²) in [5.41, 5.74) is 0.938. The first-order valence-corrected chi connectivity index (χ1v) is 11.5. The zero-order valence-electron chi connectivity index (χ0n) is 19.1. The molecule has 2 N–H and O–H groups in total. The number of benzene rings is 3. The summed E-state index contributed by atoms with van der Waals surface area (Å²) in [6.45, 7) is 0. The number of ketones is 1. The van der Waals surface area contributed by atoms with Crippen molar-refractivity contribution in [2.24, 2.45) is 0 Å². The number of aliphatic hydroxyl groups is 1. The number of phenolic OH excluding ortho intramolecular Hbond substituents is 1. The number of carbonyl (C=O) groups excluding carboxylic acids is 2. The van der Waals surface area contributed by atoms with Crippen molar-refractivity contribution < 1.29 is 33.7 Å². The van der Waals surface area contributed by atoms with Gasteiger partial charge in [0.15, 0.2) is 16.6 Å². The fourth-order valence-corrected chi connectivity index (χ4v) is 5.14. The van der Waals surface area contributed by atoms with Crippen LogP contribution in [0.1, 0.15) is 17.2 Å². The molecule has 0 saturated carbocycles. The molecule has 1 saturated heterocycles. The van der Waals surface area contributed by atoms with E-state index in [2.05, 4.69) is 4.98 Å². The molecule has 10 heteroatoms. The second-order valence-corrected chi connectivity index (χ2v) is 8.95. The third-order valence-corrected chi connectivity index (χ3v) is 6.87. The number of amides is 1. The van der Waals surface area contributed by atoms with Gasteiger partial charge < -0.3 is 19.7 Å². The quantitative estimate of drug-likeness (QED) is 0.228. The van der Waals surface area contributed by atoms with Crippen LogP contribution in [-0.2, 0) is 9.59 Å². The molecule has 3 aromatic carbocycles. The lowest BCUT2D eigenvalue weighted by atomic mass is 9.95. The lowest BCUT2D eigenvalue weighted by Gasteiger charge is -2.23. The number of aliphatic hydroxyl groups excluding tert-OH is 1. The number of ether oxygens (including phenoxy) is 2. The van der Waals surface area contributed by atoms with Gasteiger partial charge in [0, 0.05) is 5.56 Å². The maximum Gasteiger partial charge on any atom is 0.301 e. The van der Waals surface area contributed by atoms with Gasteiger partial charge in [0.2, 0.25) is 0 Å². The second-order valence-electron chi connectivity index (χ2n) is 7.94. The van der Waals surface area contributed by atoms with E-state index in [1.807, 2.05) is 0 Å². The average Bonchev–Trinajstić information content (AvgIpc) is 3.41. The molecule has 0 bridgehead atoms. The zero-order chi connectivity index (χ0) is 25.6. The number of carbonyl (C=O) groups is 2. The van der Waals surface area contributed by atoms with Crippen molar-refractivity contribution in [3.63, 3.8) is 0 Å². The summed E-state index contributed by atoms with van der Waals surface area (Å²) in [5, 5.41) is 21.5. The SMILES string of the molecule is COc1cccc(/C(O)=C2\C(=O)C(=O)N(c3nc4ccc(F)cc4s3)C2c2ccc(O)c(OC)c2)c1. The molecule has 2 heterocycles. The van der Waals surface area contributed by atoms with Crippen LogP contribution in [0.15, 0.2) is 66.2 Å². The molecule has 4 aromatic rings. The Morgan fingerprint density at radius 1 is 1.06 bits per heavy atom. The summed E-state index contributed by atoms with van der Waals surface area (Å²) in [6.07, 6.45) is 0. The Labute approximate surface area is 208 Å². The molecule has 182 valence electrons. The number of methoxy groups -OCH3 is 2. The third-order valence-electron chi connectivity index (χ3n) is 5.85. The van der Waals surface area contributed by atoms with Crippen LogP contribution in [-0.4, -0.2) is 41.1 Å². The van der Waals surface area contributed by atoms with Gasteiger partial charge >= 0.3 is 5.91 Å². The van der Waals surface area contributed by atoms with Gasteiger partial charge in [-0.1, -0.05) is 29.5 Å². The van der Waals surface area contributed by atoms with Crippen molar-refractivity contribution in [3.05, 3.63) is 83.2 Å². The molecule has 0 spiro atoms. The smallest absolute Gasteiger partial charge is 0.301 e. The first-order chi connectivity index (χ1) is 17.3. The highest BCUT2D eigenvalue weighted by atomic mass is 32.1. The van der Waals surface area contributed by atoms with Gasteiger partial charge in [0.1, 0.15) is 17.3 Å². The maximum absolute atomic E-state index is 13.8. The minimum atomic E-state index is -1.10. The Morgan fingerprint density at radius 3 is 2.61 bits per heavy atom. The van der Waals surface area contributed by atoms with Crippen LogP contribution in [0.5, 0.6) is 17.2 Å². The fraction of sp³-hybridized carbons (Fsp3) is 0.115. The maximum atomic E-state index is 13.8. The van der Waals surface area contributed by atoms with Gasteiger partial charge in [-0.2, -0.15) is 0 Å². The number of Topliss-reactive ketones (excluding diaryl/α,β-unsaturated/α-hetero) is 1. The van der Waals surface area contributed by atoms with Crippen molar-refractivity contribution in [2.45, 2.75) is 6.04 Å². The van der Waals surface area contributed by atoms with Gasteiger partial charge in [0.05, 0.1) is 36.1 Å². The van der Waals surface area contributed by atoms with E-state index in [-0.39, 0.29) is 27.8 Å². The van der Waals surface area contributed by atoms with Gasteiger partial charge in [-0.15, -0.1) is 0 Å². The first kappa shape index (κ1) is 23.3. The van der Waals surface area contributed by atoms with Crippen molar-refractivity contribution in [1.82, 2.24) is 4.98 Å². The monoisotopic (exact) mass is 506 g/mol. The molecular formula is C26H19FN2O6S. The van der Waals surface area contributed by atoms with E-state index in [4.69, 9.17) is 9.47 Å². The molecule has 1 aliphatic heterocycles. The molecule has 0 aliphatic carbocycles. The molecule has 1 fully saturated rings.